The summed E-state index contributed by atoms with van der Waals surface area (Å²) in [7, 11) is -3.39. The van der Waals surface area contributed by atoms with Crippen molar-refractivity contribution in [3.63, 3.8) is 0 Å². The van der Waals surface area contributed by atoms with Crippen LogP contribution in [0.4, 0.5) is 4.39 Å². The fourth-order valence-electron chi connectivity index (χ4n) is 3.95. The number of nitrogens with one attached hydrogen (secondary N) is 1. The van der Waals surface area contributed by atoms with Crippen molar-refractivity contribution in [1.29, 1.82) is 0 Å². The Hall–Kier alpha value is -3.23. The van der Waals surface area contributed by atoms with Crippen LogP contribution in [0.25, 0.3) is 16.6 Å². The molecule has 0 spiro atoms. The molecule has 2 unspecified atom stereocenters. The van der Waals surface area contributed by atoms with Crippen LogP contribution in [0.1, 0.15) is 31.4 Å². The average molecular weight is 466 g/mol. The van der Waals surface area contributed by atoms with Gasteiger partial charge in [0.2, 0.25) is 10.0 Å². The van der Waals surface area contributed by atoms with Gasteiger partial charge in [-0.3, -0.25) is 0 Å². The first-order valence-corrected chi connectivity index (χ1v) is 12.4. The molecule has 5 rings (SSSR count). The van der Waals surface area contributed by atoms with Crippen molar-refractivity contribution < 1.29 is 17.5 Å². The Balaban J connectivity index is 1.50. The molecule has 0 radical (unpaired) electrons. The van der Waals surface area contributed by atoms with Gasteiger partial charge < -0.3 is 4.74 Å². The van der Waals surface area contributed by atoms with Gasteiger partial charge in [0.25, 0.3) is 0 Å². The zero-order chi connectivity index (χ0) is 23.0. The van der Waals surface area contributed by atoms with Crippen LogP contribution in [-0.4, -0.2) is 29.5 Å². The molecular formula is C25H24FN3O3S. The maximum absolute atomic E-state index is 13.4. The second-order valence-electron chi connectivity index (χ2n) is 8.32. The van der Waals surface area contributed by atoms with Gasteiger partial charge in [-0.1, -0.05) is 36.4 Å². The summed E-state index contributed by atoms with van der Waals surface area (Å²) in [5.74, 6) is 0.278. The van der Waals surface area contributed by atoms with Gasteiger partial charge in [0, 0.05) is 0 Å². The third-order valence-electron chi connectivity index (χ3n) is 5.79. The molecule has 1 N–H and O–H groups in total. The summed E-state index contributed by atoms with van der Waals surface area (Å²) in [6.45, 7) is 1.82. The van der Waals surface area contributed by atoms with Crippen LogP contribution in [-0.2, 0) is 10.0 Å². The predicted molar refractivity (Wildman–Crippen MR) is 125 cm³/mol. The molecule has 0 saturated heterocycles. The third-order valence-corrected chi connectivity index (χ3v) is 7.84. The van der Waals surface area contributed by atoms with Crippen molar-refractivity contribution in [1.82, 2.24) is 14.5 Å². The number of hydrogen-bond acceptors (Lipinski definition) is 4. The lowest BCUT2D eigenvalue weighted by atomic mass is 10.0. The van der Waals surface area contributed by atoms with Crippen molar-refractivity contribution in [3.05, 3.63) is 90.4 Å². The van der Waals surface area contributed by atoms with Crippen LogP contribution in [0, 0.1) is 5.82 Å². The summed E-state index contributed by atoms with van der Waals surface area (Å²) in [4.78, 5) is 0. The Labute approximate surface area is 192 Å². The quantitative estimate of drug-likeness (QED) is 0.407. The number of rotatable bonds is 8. The smallest absolute Gasteiger partial charge is 0.214 e. The number of benzene rings is 3. The Morgan fingerprint density at radius 2 is 1.76 bits per heavy atom. The highest BCUT2D eigenvalue weighted by atomic mass is 32.2. The molecule has 8 heteroatoms. The maximum Gasteiger partial charge on any atom is 0.214 e. The summed E-state index contributed by atoms with van der Waals surface area (Å²) in [6.07, 6.45) is 2.55. The zero-order valence-electron chi connectivity index (χ0n) is 18.1. The number of halogens is 1. The minimum Gasteiger partial charge on any atom is -0.483 e. The van der Waals surface area contributed by atoms with Gasteiger partial charge in [-0.05, 0) is 61.7 Å². The lowest BCUT2D eigenvalue weighted by Crippen LogP contribution is -2.40. The fourth-order valence-corrected chi connectivity index (χ4v) is 5.54. The first-order chi connectivity index (χ1) is 15.9. The minimum atomic E-state index is -3.39. The Bertz CT molecular complexity index is 1370. The monoisotopic (exact) mass is 465 g/mol. The molecule has 0 aliphatic heterocycles. The summed E-state index contributed by atoms with van der Waals surface area (Å²) in [5, 5.41) is 4.94. The second kappa shape index (κ2) is 8.61. The molecule has 33 heavy (non-hydrogen) atoms. The molecule has 1 aromatic heterocycles. The third kappa shape index (κ3) is 4.49. The summed E-state index contributed by atoms with van der Waals surface area (Å²) < 4.78 is 49.5. The van der Waals surface area contributed by atoms with E-state index in [-0.39, 0.29) is 11.1 Å². The van der Waals surface area contributed by atoms with Crippen LogP contribution in [0.5, 0.6) is 5.75 Å². The molecule has 0 amide bonds. The average Bonchev–Trinajstić information content (AvgIpc) is 3.59. The van der Waals surface area contributed by atoms with E-state index in [4.69, 9.17) is 4.74 Å². The van der Waals surface area contributed by atoms with E-state index < -0.39 is 22.2 Å². The number of fused-ring (bicyclic) bond motifs is 1. The van der Waals surface area contributed by atoms with Crippen molar-refractivity contribution in [3.8, 4) is 11.4 Å². The Morgan fingerprint density at radius 3 is 2.45 bits per heavy atom. The van der Waals surface area contributed by atoms with E-state index in [1.807, 2.05) is 55.5 Å². The highest BCUT2D eigenvalue weighted by Crippen LogP contribution is 2.34. The van der Waals surface area contributed by atoms with Crippen LogP contribution in [0.2, 0.25) is 0 Å². The predicted octanol–water partition coefficient (Wildman–Crippen LogP) is 4.76. The van der Waals surface area contributed by atoms with Gasteiger partial charge in [0.1, 0.15) is 17.7 Å². The first-order valence-electron chi connectivity index (χ1n) is 10.9. The van der Waals surface area contributed by atoms with Gasteiger partial charge in [-0.2, -0.15) is 5.10 Å². The minimum absolute atomic E-state index is 0.311. The number of ether oxygens (including phenoxy) is 1. The largest absolute Gasteiger partial charge is 0.483 e. The van der Waals surface area contributed by atoms with E-state index in [0.717, 1.165) is 22.2 Å². The van der Waals surface area contributed by atoms with E-state index >= 15 is 0 Å². The van der Waals surface area contributed by atoms with Gasteiger partial charge in [-0.25, -0.2) is 22.2 Å². The van der Waals surface area contributed by atoms with Gasteiger partial charge in [-0.15, -0.1) is 0 Å². The zero-order valence-corrected chi connectivity index (χ0v) is 18.9. The lowest BCUT2D eigenvalue weighted by Gasteiger charge is -2.26. The van der Waals surface area contributed by atoms with Crippen molar-refractivity contribution in [2.45, 2.75) is 37.2 Å². The van der Waals surface area contributed by atoms with Crippen LogP contribution >= 0.6 is 0 Å². The SMILES string of the molecule is CC(NS(=O)(=O)C1CC1)C(Oc1cccc2c1cnn2-c1ccc(F)cc1)c1ccccc1. The van der Waals surface area contributed by atoms with Gasteiger partial charge >= 0.3 is 0 Å². The second-order valence-corrected chi connectivity index (χ2v) is 10.3. The molecule has 1 fully saturated rings. The molecule has 0 bridgehead atoms. The highest BCUT2D eigenvalue weighted by Gasteiger charge is 2.38. The van der Waals surface area contributed by atoms with E-state index in [1.54, 1.807) is 23.0 Å². The van der Waals surface area contributed by atoms with Crippen LogP contribution in [0.3, 0.4) is 0 Å². The molecule has 4 aromatic rings. The van der Waals surface area contributed by atoms with Crippen molar-refractivity contribution >= 4 is 20.9 Å². The molecule has 170 valence electrons. The normalized spacial score (nSPS) is 15.9. The van der Waals surface area contributed by atoms with E-state index in [1.165, 1.54) is 12.1 Å². The summed E-state index contributed by atoms with van der Waals surface area (Å²) >= 11 is 0. The summed E-state index contributed by atoms with van der Waals surface area (Å²) in [5.41, 5.74) is 2.40. The number of hydrogen-bond donors (Lipinski definition) is 1. The number of sulfonamides is 1. The maximum atomic E-state index is 13.4. The van der Waals surface area contributed by atoms with Gasteiger partial charge in [0.05, 0.1) is 34.1 Å². The lowest BCUT2D eigenvalue weighted by molar-refractivity contribution is 0.175. The van der Waals surface area contributed by atoms with Crippen LogP contribution in [0.15, 0.2) is 79.0 Å². The molecule has 1 saturated carbocycles. The van der Waals surface area contributed by atoms with E-state index in [2.05, 4.69) is 9.82 Å². The molecule has 3 aromatic carbocycles. The first kappa shape index (κ1) is 21.6. The van der Waals surface area contributed by atoms with E-state index in [9.17, 15) is 12.8 Å². The number of nitrogens with zero attached hydrogens (tertiary/aromatic N) is 2. The van der Waals surface area contributed by atoms with E-state index in [0.29, 0.717) is 18.6 Å². The fraction of sp³-hybridized carbons (Fsp3) is 0.240. The highest BCUT2D eigenvalue weighted by molar-refractivity contribution is 7.90. The topological polar surface area (TPSA) is 73.2 Å². The van der Waals surface area contributed by atoms with Gasteiger partial charge in [0.15, 0.2) is 0 Å². The van der Waals surface area contributed by atoms with Crippen LogP contribution < -0.4 is 9.46 Å². The summed E-state index contributed by atoms with van der Waals surface area (Å²) in [6, 6.07) is 20.8. The Morgan fingerprint density at radius 1 is 1.03 bits per heavy atom. The standard InChI is InChI=1S/C25H24FN3O3S/c1-17(28-33(30,31)21-14-15-21)25(18-6-3-2-4-7-18)32-24-9-5-8-23-22(24)16-27-29(23)20-12-10-19(26)11-13-20/h2-13,16-17,21,25,28H,14-15H2,1H3. The molecule has 6 nitrogen and oxygen atoms in total. The van der Waals surface area contributed by atoms with Crippen molar-refractivity contribution in [2.24, 2.45) is 0 Å². The number of aromatic nitrogens is 2. The molecule has 1 aliphatic carbocycles. The molecular weight excluding hydrogens is 441 g/mol. The van der Waals surface area contributed by atoms with Crippen molar-refractivity contribution in [2.75, 3.05) is 0 Å². The molecule has 2 atom stereocenters. The molecule has 1 aliphatic rings. The Kier molecular flexibility index (Phi) is 5.64. The molecule has 1 heterocycles.